The lowest BCUT2D eigenvalue weighted by molar-refractivity contribution is 0.0636. The van der Waals surface area contributed by atoms with Crippen molar-refractivity contribution in [1.82, 2.24) is 0 Å². The zero-order valence-electron chi connectivity index (χ0n) is 10.2. The molecule has 5 nitrogen and oxygen atoms in total. The summed E-state index contributed by atoms with van der Waals surface area (Å²) >= 11 is 0. The Balaban J connectivity index is 2.73. The minimum atomic E-state index is -3.75. The lowest BCUT2D eigenvalue weighted by Crippen LogP contribution is -2.27. The van der Waals surface area contributed by atoms with Crippen LogP contribution in [0.5, 0.6) is 0 Å². The van der Waals surface area contributed by atoms with E-state index in [4.69, 9.17) is 15.4 Å². The van der Waals surface area contributed by atoms with Crippen molar-refractivity contribution in [3.05, 3.63) is 24.3 Å². The molecule has 0 aliphatic carbocycles. The average molecular weight is 292 g/mol. The van der Waals surface area contributed by atoms with E-state index in [-0.39, 0.29) is 4.90 Å². The molecule has 0 aliphatic heterocycles. The van der Waals surface area contributed by atoms with Crippen LogP contribution < -0.4 is 5.32 Å². The molecule has 0 fully saturated rings. The number of ether oxygens (including phenoxy) is 1. The van der Waals surface area contributed by atoms with E-state index in [0.717, 1.165) is 0 Å². The van der Waals surface area contributed by atoms with E-state index in [9.17, 15) is 13.2 Å². The monoisotopic (exact) mass is 291 g/mol. The molecule has 1 amide bonds. The van der Waals surface area contributed by atoms with Crippen molar-refractivity contribution in [2.75, 3.05) is 5.32 Å². The van der Waals surface area contributed by atoms with Gasteiger partial charge in [-0.3, -0.25) is 5.32 Å². The van der Waals surface area contributed by atoms with E-state index < -0.39 is 20.7 Å². The number of hydrogen-bond donors (Lipinski definition) is 1. The molecule has 0 bridgehead atoms. The highest BCUT2D eigenvalue weighted by molar-refractivity contribution is 8.13. The maximum atomic E-state index is 11.4. The summed E-state index contributed by atoms with van der Waals surface area (Å²) in [6, 6.07) is 5.46. The summed E-state index contributed by atoms with van der Waals surface area (Å²) < 4.78 is 27.1. The Morgan fingerprint density at radius 1 is 1.22 bits per heavy atom. The molecule has 18 heavy (non-hydrogen) atoms. The predicted octanol–water partition coefficient (Wildman–Crippen LogP) is 2.96. The molecule has 0 saturated heterocycles. The number of carbonyl (C=O) groups excluding carboxylic acids is 1. The van der Waals surface area contributed by atoms with Crippen molar-refractivity contribution >= 4 is 31.5 Å². The van der Waals surface area contributed by atoms with Gasteiger partial charge in [-0.1, -0.05) is 0 Å². The SMILES string of the molecule is CC(C)(C)OC(=O)Nc1ccc(S(=O)(=O)Cl)cc1. The zero-order chi connectivity index (χ0) is 14.0. The van der Waals surface area contributed by atoms with Crippen molar-refractivity contribution in [3.8, 4) is 0 Å². The first-order chi connectivity index (χ1) is 8.08. The molecule has 0 aromatic heterocycles. The van der Waals surface area contributed by atoms with E-state index in [1.54, 1.807) is 20.8 Å². The number of nitrogens with one attached hydrogen (secondary N) is 1. The number of carbonyl (C=O) groups is 1. The smallest absolute Gasteiger partial charge is 0.412 e. The molecule has 0 saturated carbocycles. The number of anilines is 1. The van der Waals surface area contributed by atoms with Gasteiger partial charge < -0.3 is 4.74 Å². The number of benzene rings is 1. The van der Waals surface area contributed by atoms with Crippen LogP contribution in [0.15, 0.2) is 29.2 Å². The normalized spacial score (nSPS) is 12.0. The van der Waals surface area contributed by atoms with Gasteiger partial charge >= 0.3 is 6.09 Å². The van der Waals surface area contributed by atoms with Crippen molar-refractivity contribution in [2.24, 2.45) is 0 Å². The van der Waals surface area contributed by atoms with Gasteiger partial charge in [0.25, 0.3) is 9.05 Å². The van der Waals surface area contributed by atoms with Gasteiger partial charge in [0.2, 0.25) is 0 Å². The predicted molar refractivity (Wildman–Crippen MR) is 69.3 cm³/mol. The molecule has 1 N–H and O–H groups in total. The number of halogens is 1. The summed E-state index contributed by atoms with van der Waals surface area (Å²) in [5.74, 6) is 0. The van der Waals surface area contributed by atoms with E-state index in [2.05, 4.69) is 5.32 Å². The molecule has 0 atom stereocenters. The van der Waals surface area contributed by atoms with Gasteiger partial charge in [-0.15, -0.1) is 0 Å². The Morgan fingerprint density at radius 2 is 1.72 bits per heavy atom. The van der Waals surface area contributed by atoms with Crippen LogP contribution in [0.4, 0.5) is 10.5 Å². The van der Waals surface area contributed by atoms with Crippen LogP contribution in [0.25, 0.3) is 0 Å². The minimum Gasteiger partial charge on any atom is -0.444 e. The largest absolute Gasteiger partial charge is 0.444 e. The first kappa shape index (κ1) is 14.8. The summed E-state index contributed by atoms with van der Waals surface area (Å²) in [6.07, 6.45) is -0.607. The van der Waals surface area contributed by atoms with Crippen LogP contribution in [0, 0.1) is 0 Å². The standard InChI is InChI=1S/C11H14ClNO4S/c1-11(2,3)17-10(14)13-8-4-6-9(7-5-8)18(12,15)16/h4-7H,1-3H3,(H,13,14). The molecular formula is C11H14ClNO4S. The number of amides is 1. The Hall–Kier alpha value is -1.27. The quantitative estimate of drug-likeness (QED) is 0.850. The third-order valence-electron chi connectivity index (χ3n) is 1.78. The van der Waals surface area contributed by atoms with Gasteiger partial charge in [0.15, 0.2) is 0 Å². The Kier molecular flexibility index (Phi) is 4.24. The summed E-state index contributed by atoms with van der Waals surface area (Å²) in [7, 11) is 1.42. The third kappa shape index (κ3) is 4.93. The van der Waals surface area contributed by atoms with Crippen LogP contribution >= 0.6 is 10.7 Å². The highest BCUT2D eigenvalue weighted by atomic mass is 35.7. The Labute approximate surface area is 111 Å². The maximum absolute atomic E-state index is 11.4. The lowest BCUT2D eigenvalue weighted by Gasteiger charge is -2.19. The second-order valence-electron chi connectivity index (χ2n) is 4.59. The molecule has 0 unspecified atom stereocenters. The van der Waals surface area contributed by atoms with Crippen molar-refractivity contribution in [3.63, 3.8) is 0 Å². The van der Waals surface area contributed by atoms with Gasteiger partial charge in [0.05, 0.1) is 4.90 Å². The summed E-state index contributed by atoms with van der Waals surface area (Å²) in [5.41, 5.74) is -0.169. The fraction of sp³-hybridized carbons (Fsp3) is 0.364. The molecule has 1 aromatic rings. The van der Waals surface area contributed by atoms with E-state index in [1.807, 2.05) is 0 Å². The van der Waals surface area contributed by atoms with Crippen LogP contribution in [0.1, 0.15) is 20.8 Å². The van der Waals surface area contributed by atoms with E-state index in [1.165, 1.54) is 24.3 Å². The van der Waals surface area contributed by atoms with E-state index >= 15 is 0 Å². The van der Waals surface area contributed by atoms with Crippen LogP contribution in [0.3, 0.4) is 0 Å². The van der Waals surface area contributed by atoms with Crippen LogP contribution in [-0.4, -0.2) is 20.1 Å². The molecule has 0 heterocycles. The highest BCUT2D eigenvalue weighted by Crippen LogP contribution is 2.18. The fourth-order valence-electron chi connectivity index (χ4n) is 1.12. The van der Waals surface area contributed by atoms with Crippen molar-refractivity contribution in [1.29, 1.82) is 0 Å². The van der Waals surface area contributed by atoms with Gasteiger partial charge in [-0.2, -0.15) is 0 Å². The molecule has 1 aromatic carbocycles. The second kappa shape index (κ2) is 5.16. The highest BCUT2D eigenvalue weighted by Gasteiger charge is 2.16. The van der Waals surface area contributed by atoms with Crippen LogP contribution in [-0.2, 0) is 13.8 Å². The first-order valence-electron chi connectivity index (χ1n) is 5.13. The second-order valence-corrected chi connectivity index (χ2v) is 7.16. The molecular weight excluding hydrogens is 278 g/mol. The number of hydrogen-bond acceptors (Lipinski definition) is 4. The third-order valence-corrected chi connectivity index (χ3v) is 3.15. The minimum absolute atomic E-state index is 0.0288. The molecule has 0 aliphatic rings. The topological polar surface area (TPSA) is 72.5 Å². The maximum Gasteiger partial charge on any atom is 0.412 e. The fourth-order valence-corrected chi connectivity index (χ4v) is 1.89. The number of rotatable bonds is 2. The zero-order valence-corrected chi connectivity index (χ0v) is 11.8. The molecule has 0 radical (unpaired) electrons. The van der Waals surface area contributed by atoms with Crippen LogP contribution in [0.2, 0.25) is 0 Å². The molecule has 0 spiro atoms. The first-order valence-corrected chi connectivity index (χ1v) is 7.43. The van der Waals surface area contributed by atoms with Gasteiger partial charge in [-0.05, 0) is 45.0 Å². The average Bonchev–Trinajstić information content (AvgIpc) is 2.13. The van der Waals surface area contributed by atoms with Crippen molar-refractivity contribution < 1.29 is 17.9 Å². The molecule has 7 heteroatoms. The summed E-state index contributed by atoms with van der Waals surface area (Å²) in [5, 5.41) is 2.48. The van der Waals surface area contributed by atoms with Gasteiger partial charge in [0.1, 0.15) is 5.60 Å². The molecule has 1 rings (SSSR count). The Bertz CT molecular complexity index is 531. The Morgan fingerprint density at radius 3 is 2.11 bits per heavy atom. The lowest BCUT2D eigenvalue weighted by atomic mass is 10.2. The van der Waals surface area contributed by atoms with Gasteiger partial charge in [0, 0.05) is 16.4 Å². The van der Waals surface area contributed by atoms with Gasteiger partial charge in [-0.25, -0.2) is 13.2 Å². The van der Waals surface area contributed by atoms with Crippen molar-refractivity contribution in [2.45, 2.75) is 31.3 Å². The molecule has 100 valence electrons. The van der Waals surface area contributed by atoms with E-state index in [0.29, 0.717) is 5.69 Å². The summed E-state index contributed by atoms with van der Waals surface area (Å²) in [6.45, 7) is 5.24. The summed E-state index contributed by atoms with van der Waals surface area (Å²) in [4.78, 5) is 11.4.